The van der Waals surface area contributed by atoms with E-state index in [0.29, 0.717) is 23.4 Å². The third kappa shape index (κ3) is 3.86. The van der Waals surface area contributed by atoms with E-state index >= 15 is 0 Å². The van der Waals surface area contributed by atoms with Gasteiger partial charge < -0.3 is 4.98 Å². The number of aryl methyl sites for hydroxylation is 3. The topological polar surface area (TPSA) is 79.0 Å². The van der Waals surface area contributed by atoms with Crippen LogP contribution in [0.3, 0.4) is 0 Å². The maximum atomic E-state index is 12.5. The highest BCUT2D eigenvalue weighted by Crippen LogP contribution is 2.17. The minimum Gasteiger partial charge on any atom is -0.322 e. The molecule has 0 atom stereocenters. The summed E-state index contributed by atoms with van der Waals surface area (Å²) in [7, 11) is -3.53. The van der Waals surface area contributed by atoms with Crippen LogP contribution in [0.2, 0.25) is 0 Å². The first kappa shape index (κ1) is 18.4. The molecular weight excluding hydrogens is 348 g/mol. The van der Waals surface area contributed by atoms with Gasteiger partial charge in [-0.25, -0.2) is 13.1 Å². The fourth-order valence-electron chi connectivity index (χ4n) is 3.03. The van der Waals surface area contributed by atoms with Crippen molar-refractivity contribution in [2.75, 3.05) is 6.54 Å². The lowest BCUT2D eigenvalue weighted by Crippen LogP contribution is -2.26. The first-order chi connectivity index (χ1) is 12.3. The molecule has 0 saturated heterocycles. The van der Waals surface area contributed by atoms with Gasteiger partial charge in [0, 0.05) is 17.6 Å². The van der Waals surface area contributed by atoms with Gasteiger partial charge in [0.15, 0.2) is 0 Å². The normalized spacial score (nSPS) is 11.8. The van der Waals surface area contributed by atoms with Crippen molar-refractivity contribution in [3.63, 3.8) is 0 Å². The molecule has 0 spiro atoms. The van der Waals surface area contributed by atoms with Crippen molar-refractivity contribution >= 4 is 20.9 Å². The van der Waals surface area contributed by atoms with E-state index in [1.807, 2.05) is 37.3 Å². The summed E-state index contributed by atoms with van der Waals surface area (Å²) in [6, 6.07) is 12.9. The molecule has 2 aromatic carbocycles. The maximum Gasteiger partial charge on any atom is 0.251 e. The van der Waals surface area contributed by atoms with Gasteiger partial charge in [-0.3, -0.25) is 4.79 Å². The molecular formula is C20H22N2O3S. The monoisotopic (exact) mass is 370 g/mol. The van der Waals surface area contributed by atoms with Gasteiger partial charge >= 0.3 is 0 Å². The number of sulfonamides is 1. The van der Waals surface area contributed by atoms with E-state index in [4.69, 9.17) is 0 Å². The predicted octanol–water partition coefficient (Wildman–Crippen LogP) is 2.97. The highest BCUT2D eigenvalue weighted by atomic mass is 32.2. The highest BCUT2D eigenvalue weighted by molar-refractivity contribution is 7.89. The van der Waals surface area contributed by atoms with Crippen LogP contribution in [0.15, 0.2) is 52.2 Å². The number of hydrogen-bond donors (Lipinski definition) is 2. The summed E-state index contributed by atoms with van der Waals surface area (Å²) in [6.07, 6.45) is 0.568. The van der Waals surface area contributed by atoms with E-state index in [1.165, 1.54) is 0 Å². The average molecular weight is 370 g/mol. The summed E-state index contributed by atoms with van der Waals surface area (Å²) in [6.45, 7) is 5.81. The average Bonchev–Trinajstić information content (AvgIpc) is 2.55. The molecule has 26 heavy (non-hydrogen) atoms. The van der Waals surface area contributed by atoms with Crippen molar-refractivity contribution in [2.24, 2.45) is 0 Å². The number of hydrogen-bond acceptors (Lipinski definition) is 3. The smallest absolute Gasteiger partial charge is 0.251 e. The molecule has 0 aliphatic rings. The Morgan fingerprint density at radius 2 is 1.73 bits per heavy atom. The molecule has 0 amide bonds. The Morgan fingerprint density at radius 3 is 2.46 bits per heavy atom. The van der Waals surface area contributed by atoms with Crippen molar-refractivity contribution < 1.29 is 8.42 Å². The van der Waals surface area contributed by atoms with Gasteiger partial charge in [0.1, 0.15) is 0 Å². The fourth-order valence-corrected chi connectivity index (χ4v) is 4.29. The number of pyridine rings is 1. The molecule has 2 N–H and O–H groups in total. The third-order valence-electron chi connectivity index (χ3n) is 4.42. The van der Waals surface area contributed by atoms with Crippen LogP contribution in [0.1, 0.15) is 22.3 Å². The van der Waals surface area contributed by atoms with Gasteiger partial charge in [-0.05, 0) is 68.0 Å². The zero-order valence-electron chi connectivity index (χ0n) is 15.1. The Kier molecular flexibility index (Phi) is 4.98. The molecule has 1 heterocycles. The van der Waals surface area contributed by atoms with Crippen LogP contribution >= 0.6 is 0 Å². The molecule has 0 unspecified atom stereocenters. The predicted molar refractivity (Wildman–Crippen MR) is 104 cm³/mol. The van der Waals surface area contributed by atoms with Gasteiger partial charge in [0.25, 0.3) is 5.56 Å². The van der Waals surface area contributed by atoms with Crippen LogP contribution in [-0.2, 0) is 16.4 Å². The van der Waals surface area contributed by atoms with E-state index in [9.17, 15) is 13.2 Å². The second-order valence-corrected chi connectivity index (χ2v) is 8.36. The Morgan fingerprint density at radius 1 is 0.962 bits per heavy atom. The largest absolute Gasteiger partial charge is 0.322 e. The molecule has 0 bridgehead atoms. The molecule has 0 aliphatic heterocycles. The van der Waals surface area contributed by atoms with Gasteiger partial charge in [-0.1, -0.05) is 23.8 Å². The number of rotatable bonds is 5. The van der Waals surface area contributed by atoms with Gasteiger partial charge in [-0.2, -0.15) is 0 Å². The van der Waals surface area contributed by atoms with Crippen LogP contribution in [0.5, 0.6) is 0 Å². The summed E-state index contributed by atoms with van der Waals surface area (Å²) in [5.41, 5.74) is 4.12. The van der Waals surface area contributed by atoms with Crippen molar-refractivity contribution in [3.8, 4) is 0 Å². The summed E-state index contributed by atoms with van der Waals surface area (Å²) in [4.78, 5) is 14.8. The van der Waals surface area contributed by atoms with Gasteiger partial charge in [0.2, 0.25) is 10.0 Å². The number of nitrogens with one attached hydrogen (secondary N) is 2. The van der Waals surface area contributed by atoms with Crippen LogP contribution in [0.25, 0.3) is 10.9 Å². The molecule has 0 saturated carbocycles. The first-order valence-corrected chi connectivity index (χ1v) is 9.94. The molecule has 3 rings (SSSR count). The quantitative estimate of drug-likeness (QED) is 0.725. The number of benzene rings is 2. The molecule has 0 fully saturated rings. The molecule has 6 heteroatoms. The molecule has 1 aromatic heterocycles. The van der Waals surface area contributed by atoms with Crippen molar-refractivity contribution in [1.82, 2.24) is 9.71 Å². The van der Waals surface area contributed by atoms with E-state index in [-0.39, 0.29) is 5.56 Å². The van der Waals surface area contributed by atoms with Crippen molar-refractivity contribution in [2.45, 2.75) is 32.1 Å². The Balaban J connectivity index is 1.74. The number of H-pyrrole nitrogens is 1. The molecule has 136 valence electrons. The Labute approximate surface area is 153 Å². The van der Waals surface area contributed by atoms with Crippen molar-refractivity contribution in [1.29, 1.82) is 0 Å². The minimum atomic E-state index is -3.53. The molecule has 3 aromatic rings. The van der Waals surface area contributed by atoms with E-state index < -0.39 is 10.0 Å². The van der Waals surface area contributed by atoms with E-state index in [0.717, 1.165) is 27.6 Å². The van der Waals surface area contributed by atoms with Gasteiger partial charge in [0.05, 0.1) is 4.90 Å². The SMILES string of the molecule is Cc1ccc(S(=O)(=O)NCCc2ccc3[nH]c(=O)c(C)cc3c2)c(C)c1. The summed E-state index contributed by atoms with van der Waals surface area (Å²) in [5.74, 6) is 0. The summed E-state index contributed by atoms with van der Waals surface area (Å²) in [5, 5.41) is 0.942. The first-order valence-electron chi connectivity index (χ1n) is 8.46. The second kappa shape index (κ2) is 7.05. The van der Waals surface area contributed by atoms with E-state index in [2.05, 4.69) is 9.71 Å². The summed E-state index contributed by atoms with van der Waals surface area (Å²) >= 11 is 0. The van der Waals surface area contributed by atoms with Gasteiger partial charge in [-0.15, -0.1) is 0 Å². The van der Waals surface area contributed by atoms with Crippen LogP contribution < -0.4 is 10.3 Å². The second-order valence-electron chi connectivity index (χ2n) is 6.62. The lowest BCUT2D eigenvalue weighted by Gasteiger charge is -2.10. The zero-order chi connectivity index (χ0) is 18.9. The summed E-state index contributed by atoms with van der Waals surface area (Å²) < 4.78 is 27.7. The van der Waals surface area contributed by atoms with Crippen LogP contribution in [0, 0.1) is 20.8 Å². The lowest BCUT2D eigenvalue weighted by molar-refractivity contribution is 0.581. The number of fused-ring (bicyclic) bond motifs is 1. The third-order valence-corrected chi connectivity index (χ3v) is 6.04. The van der Waals surface area contributed by atoms with Crippen molar-refractivity contribution in [3.05, 3.63) is 75.1 Å². The number of aromatic nitrogens is 1. The van der Waals surface area contributed by atoms with E-state index in [1.54, 1.807) is 26.0 Å². The van der Waals surface area contributed by atoms with Crippen LogP contribution in [0.4, 0.5) is 0 Å². The minimum absolute atomic E-state index is 0.0912. The molecule has 0 radical (unpaired) electrons. The zero-order valence-corrected chi connectivity index (χ0v) is 15.9. The maximum absolute atomic E-state index is 12.5. The fraction of sp³-hybridized carbons (Fsp3) is 0.250. The highest BCUT2D eigenvalue weighted by Gasteiger charge is 2.16. The number of aromatic amines is 1. The Hall–Kier alpha value is -2.44. The Bertz CT molecular complexity index is 1130. The molecule has 0 aliphatic carbocycles. The van der Waals surface area contributed by atoms with Crippen LogP contribution in [-0.4, -0.2) is 19.9 Å². The lowest BCUT2D eigenvalue weighted by atomic mass is 10.1. The molecule has 5 nitrogen and oxygen atoms in total. The standard InChI is InChI=1S/C20H22N2O3S/c1-13-4-7-19(14(2)10-13)26(24,25)21-9-8-16-5-6-18-17(12-16)11-15(3)20(23)22-18/h4-7,10-12,21H,8-9H2,1-3H3,(H,22,23).